The van der Waals surface area contributed by atoms with Gasteiger partial charge in [-0.15, -0.1) is 0 Å². The van der Waals surface area contributed by atoms with Gasteiger partial charge in [-0.25, -0.2) is 0 Å². The van der Waals surface area contributed by atoms with E-state index in [-0.39, 0.29) is 5.97 Å². The maximum atomic E-state index is 11.3. The highest BCUT2D eigenvalue weighted by molar-refractivity contribution is 5.69. The van der Waals surface area contributed by atoms with E-state index >= 15 is 0 Å². The second-order valence-corrected chi connectivity index (χ2v) is 4.65. The molecular weight excluding hydrogens is 204 g/mol. The van der Waals surface area contributed by atoms with Crippen molar-refractivity contribution in [2.24, 2.45) is 0 Å². The van der Waals surface area contributed by atoms with E-state index in [0.717, 1.165) is 19.6 Å². The zero-order chi connectivity index (χ0) is 12.0. The molecule has 1 aliphatic rings. The Bertz CT molecular complexity index is 219. The lowest BCUT2D eigenvalue weighted by Crippen LogP contribution is -2.38. The molecule has 0 saturated carbocycles. The van der Waals surface area contributed by atoms with Crippen molar-refractivity contribution in [3.05, 3.63) is 0 Å². The first-order valence-electron chi connectivity index (χ1n) is 6.18. The zero-order valence-electron chi connectivity index (χ0n) is 10.7. The van der Waals surface area contributed by atoms with Gasteiger partial charge in [-0.3, -0.25) is 9.69 Å². The third kappa shape index (κ3) is 4.49. The SMILES string of the molecule is CCOC(=O)CCN1CCCC1CN(C)C. The summed E-state index contributed by atoms with van der Waals surface area (Å²) in [6, 6.07) is 0.615. The number of esters is 1. The van der Waals surface area contributed by atoms with Gasteiger partial charge >= 0.3 is 5.97 Å². The van der Waals surface area contributed by atoms with Crippen LogP contribution in [0.3, 0.4) is 0 Å². The van der Waals surface area contributed by atoms with Crippen molar-refractivity contribution < 1.29 is 9.53 Å². The molecule has 1 fully saturated rings. The van der Waals surface area contributed by atoms with Crippen LogP contribution in [0.15, 0.2) is 0 Å². The molecule has 0 N–H and O–H groups in total. The van der Waals surface area contributed by atoms with Gasteiger partial charge in [0.05, 0.1) is 13.0 Å². The first kappa shape index (κ1) is 13.5. The van der Waals surface area contributed by atoms with Gasteiger partial charge in [-0.05, 0) is 40.4 Å². The van der Waals surface area contributed by atoms with Crippen molar-refractivity contribution >= 4 is 5.97 Å². The third-order valence-electron chi connectivity index (χ3n) is 2.98. The number of hydrogen-bond donors (Lipinski definition) is 0. The first-order chi connectivity index (χ1) is 7.63. The van der Waals surface area contributed by atoms with E-state index in [1.165, 1.54) is 12.8 Å². The molecule has 16 heavy (non-hydrogen) atoms. The lowest BCUT2D eigenvalue weighted by molar-refractivity contribution is -0.143. The minimum atomic E-state index is -0.0713. The van der Waals surface area contributed by atoms with E-state index in [1.807, 2.05) is 6.92 Å². The van der Waals surface area contributed by atoms with Crippen LogP contribution < -0.4 is 0 Å². The van der Waals surface area contributed by atoms with Crippen LogP contribution in [0.5, 0.6) is 0 Å². The predicted octanol–water partition coefficient (Wildman–Crippen LogP) is 0.966. The summed E-state index contributed by atoms with van der Waals surface area (Å²) < 4.78 is 4.94. The van der Waals surface area contributed by atoms with E-state index in [0.29, 0.717) is 19.1 Å². The standard InChI is InChI=1S/C12H24N2O2/c1-4-16-12(15)7-9-14-8-5-6-11(14)10-13(2)3/h11H,4-10H2,1-3H3. The number of nitrogens with zero attached hydrogens (tertiary/aromatic N) is 2. The van der Waals surface area contributed by atoms with Gasteiger partial charge in [0.2, 0.25) is 0 Å². The van der Waals surface area contributed by atoms with Crippen LogP contribution in [0.4, 0.5) is 0 Å². The second kappa shape index (κ2) is 6.86. The van der Waals surface area contributed by atoms with Crippen LogP contribution in [0.2, 0.25) is 0 Å². The summed E-state index contributed by atoms with van der Waals surface area (Å²) in [7, 11) is 4.20. The summed E-state index contributed by atoms with van der Waals surface area (Å²) in [6.45, 7) is 5.39. The molecule has 1 atom stereocenters. The van der Waals surface area contributed by atoms with Gasteiger partial charge in [0.1, 0.15) is 0 Å². The van der Waals surface area contributed by atoms with Crippen LogP contribution in [0.25, 0.3) is 0 Å². The Labute approximate surface area is 98.5 Å². The van der Waals surface area contributed by atoms with Gasteiger partial charge in [-0.2, -0.15) is 0 Å². The molecule has 4 heteroatoms. The molecule has 1 heterocycles. The number of likely N-dealkylation sites (tertiary alicyclic amines) is 1. The van der Waals surface area contributed by atoms with Gasteiger partial charge in [0.25, 0.3) is 0 Å². The highest BCUT2D eigenvalue weighted by atomic mass is 16.5. The quantitative estimate of drug-likeness (QED) is 0.634. The highest BCUT2D eigenvalue weighted by Crippen LogP contribution is 2.17. The molecule has 0 aromatic heterocycles. The molecule has 0 aromatic rings. The minimum absolute atomic E-state index is 0.0713. The summed E-state index contributed by atoms with van der Waals surface area (Å²) in [5, 5.41) is 0. The van der Waals surface area contributed by atoms with Gasteiger partial charge in [0.15, 0.2) is 0 Å². The Balaban J connectivity index is 2.27. The molecule has 0 bridgehead atoms. The minimum Gasteiger partial charge on any atom is -0.466 e. The van der Waals surface area contributed by atoms with E-state index < -0.39 is 0 Å². The maximum Gasteiger partial charge on any atom is 0.307 e. The van der Waals surface area contributed by atoms with Crippen molar-refractivity contribution in [2.45, 2.75) is 32.2 Å². The molecule has 0 amide bonds. The largest absolute Gasteiger partial charge is 0.466 e. The molecule has 4 nitrogen and oxygen atoms in total. The number of ether oxygens (including phenoxy) is 1. The van der Waals surface area contributed by atoms with Crippen LogP contribution in [-0.4, -0.2) is 62.1 Å². The van der Waals surface area contributed by atoms with Crippen molar-refractivity contribution in [3.8, 4) is 0 Å². The Hall–Kier alpha value is -0.610. The number of rotatable bonds is 6. The Morgan fingerprint density at radius 3 is 2.88 bits per heavy atom. The van der Waals surface area contributed by atoms with E-state index in [1.54, 1.807) is 0 Å². The highest BCUT2D eigenvalue weighted by Gasteiger charge is 2.24. The number of hydrogen-bond acceptors (Lipinski definition) is 4. The monoisotopic (exact) mass is 228 g/mol. The third-order valence-corrected chi connectivity index (χ3v) is 2.98. The van der Waals surface area contributed by atoms with E-state index in [4.69, 9.17) is 4.74 Å². The zero-order valence-corrected chi connectivity index (χ0v) is 10.7. The van der Waals surface area contributed by atoms with Gasteiger partial charge < -0.3 is 9.64 Å². The first-order valence-corrected chi connectivity index (χ1v) is 6.18. The Morgan fingerprint density at radius 1 is 1.50 bits per heavy atom. The van der Waals surface area contributed by atoms with Crippen LogP contribution >= 0.6 is 0 Å². The lowest BCUT2D eigenvalue weighted by atomic mass is 10.2. The average Bonchev–Trinajstić information content (AvgIpc) is 2.62. The van der Waals surface area contributed by atoms with Crippen LogP contribution in [0.1, 0.15) is 26.2 Å². The molecule has 1 saturated heterocycles. The average molecular weight is 228 g/mol. The molecule has 0 radical (unpaired) electrons. The molecule has 1 unspecified atom stereocenters. The lowest BCUT2D eigenvalue weighted by Gasteiger charge is -2.26. The molecule has 0 aromatic carbocycles. The number of likely N-dealkylation sites (N-methyl/N-ethyl adjacent to an activating group) is 1. The van der Waals surface area contributed by atoms with Crippen molar-refractivity contribution in [1.82, 2.24) is 9.80 Å². The molecule has 94 valence electrons. The van der Waals surface area contributed by atoms with Crippen molar-refractivity contribution in [3.63, 3.8) is 0 Å². The molecular formula is C12H24N2O2. The fraction of sp³-hybridized carbons (Fsp3) is 0.917. The molecule has 0 aliphatic carbocycles. The Morgan fingerprint density at radius 2 is 2.25 bits per heavy atom. The molecule has 1 aliphatic heterocycles. The summed E-state index contributed by atoms with van der Waals surface area (Å²) in [6.07, 6.45) is 3.03. The number of carbonyl (C=O) groups excluding carboxylic acids is 1. The predicted molar refractivity (Wildman–Crippen MR) is 64.4 cm³/mol. The van der Waals surface area contributed by atoms with E-state index in [9.17, 15) is 4.79 Å². The normalized spacial score (nSPS) is 21.6. The van der Waals surface area contributed by atoms with Crippen molar-refractivity contribution in [2.75, 3.05) is 40.3 Å². The fourth-order valence-corrected chi connectivity index (χ4v) is 2.29. The summed E-state index contributed by atoms with van der Waals surface area (Å²) in [4.78, 5) is 15.9. The summed E-state index contributed by atoms with van der Waals surface area (Å²) in [5.41, 5.74) is 0. The van der Waals surface area contributed by atoms with Crippen LogP contribution in [-0.2, 0) is 9.53 Å². The Kier molecular flexibility index (Phi) is 5.77. The molecule has 0 spiro atoms. The topological polar surface area (TPSA) is 32.8 Å². The van der Waals surface area contributed by atoms with E-state index in [2.05, 4.69) is 23.9 Å². The maximum absolute atomic E-state index is 11.3. The fourth-order valence-electron chi connectivity index (χ4n) is 2.29. The second-order valence-electron chi connectivity index (χ2n) is 4.65. The summed E-state index contributed by atoms with van der Waals surface area (Å²) >= 11 is 0. The molecule has 1 rings (SSSR count). The smallest absolute Gasteiger partial charge is 0.307 e. The van der Waals surface area contributed by atoms with Crippen molar-refractivity contribution in [1.29, 1.82) is 0 Å². The number of carbonyl (C=O) groups is 1. The summed E-state index contributed by atoms with van der Waals surface area (Å²) in [5.74, 6) is -0.0713. The van der Waals surface area contributed by atoms with Gasteiger partial charge in [-0.1, -0.05) is 0 Å². The van der Waals surface area contributed by atoms with Gasteiger partial charge in [0, 0.05) is 19.1 Å². The van der Waals surface area contributed by atoms with Crippen LogP contribution in [0, 0.1) is 0 Å².